The first-order valence-corrected chi connectivity index (χ1v) is 6.95. The van der Waals surface area contributed by atoms with Gasteiger partial charge >= 0.3 is 0 Å². The van der Waals surface area contributed by atoms with Crippen LogP contribution in [0, 0.1) is 0 Å². The Morgan fingerprint density at radius 2 is 1.95 bits per heavy atom. The van der Waals surface area contributed by atoms with Gasteiger partial charge in [0.05, 0.1) is 19.8 Å². The lowest BCUT2D eigenvalue weighted by molar-refractivity contribution is -0.155. The fraction of sp³-hybridized carbons (Fsp3) is 0.500. The van der Waals surface area contributed by atoms with Crippen molar-refractivity contribution in [2.24, 2.45) is 0 Å². The van der Waals surface area contributed by atoms with Gasteiger partial charge in [0.15, 0.2) is 6.29 Å². The summed E-state index contributed by atoms with van der Waals surface area (Å²) in [6.07, 6.45) is 7.34. The largest absolute Gasteiger partial charge is 0.373 e. The number of hydrogen-bond acceptors (Lipinski definition) is 3. The molecule has 1 heterocycles. The Morgan fingerprint density at radius 3 is 2.74 bits per heavy atom. The first-order valence-electron chi connectivity index (χ1n) is 6.95. The quantitative estimate of drug-likeness (QED) is 0.557. The van der Waals surface area contributed by atoms with Crippen LogP contribution in [0.15, 0.2) is 42.5 Å². The molecule has 3 nitrogen and oxygen atoms in total. The van der Waals surface area contributed by atoms with Crippen LogP contribution in [0.4, 0.5) is 0 Å². The lowest BCUT2D eigenvalue weighted by atomic mass is 10.2. The molecule has 19 heavy (non-hydrogen) atoms. The third kappa shape index (κ3) is 6.01. The average Bonchev–Trinajstić information content (AvgIpc) is 2.48. The summed E-state index contributed by atoms with van der Waals surface area (Å²) in [5.74, 6) is 0. The van der Waals surface area contributed by atoms with E-state index in [-0.39, 0.29) is 6.29 Å². The van der Waals surface area contributed by atoms with E-state index in [1.54, 1.807) is 0 Å². The Morgan fingerprint density at radius 1 is 1.11 bits per heavy atom. The van der Waals surface area contributed by atoms with Gasteiger partial charge in [-0.25, -0.2) is 0 Å². The van der Waals surface area contributed by atoms with Crippen LogP contribution in [0.2, 0.25) is 0 Å². The molecular formula is C16H22O3. The molecule has 1 aromatic carbocycles. The molecule has 1 fully saturated rings. The smallest absolute Gasteiger partial charge is 0.157 e. The fourth-order valence-corrected chi connectivity index (χ4v) is 1.96. The van der Waals surface area contributed by atoms with E-state index in [0.29, 0.717) is 19.8 Å². The molecule has 2 rings (SSSR count). The van der Waals surface area contributed by atoms with Crippen molar-refractivity contribution in [1.82, 2.24) is 0 Å². The lowest BCUT2D eigenvalue weighted by Gasteiger charge is -2.21. The molecule has 0 amide bonds. The molecule has 3 heteroatoms. The summed E-state index contributed by atoms with van der Waals surface area (Å²) in [6, 6.07) is 10.2. The van der Waals surface area contributed by atoms with E-state index in [0.717, 1.165) is 19.4 Å². The fourth-order valence-electron chi connectivity index (χ4n) is 1.96. The summed E-state index contributed by atoms with van der Waals surface area (Å²) in [6.45, 7) is 2.69. The highest BCUT2D eigenvalue weighted by Crippen LogP contribution is 2.13. The van der Waals surface area contributed by atoms with Crippen molar-refractivity contribution in [3.63, 3.8) is 0 Å². The Balaban J connectivity index is 1.49. The van der Waals surface area contributed by atoms with Crippen molar-refractivity contribution in [1.29, 1.82) is 0 Å². The summed E-state index contributed by atoms with van der Waals surface area (Å²) in [5.41, 5.74) is 1.20. The van der Waals surface area contributed by atoms with Crippen molar-refractivity contribution in [2.45, 2.75) is 32.2 Å². The van der Waals surface area contributed by atoms with E-state index in [1.165, 1.54) is 12.0 Å². The molecule has 1 aromatic rings. The predicted molar refractivity (Wildman–Crippen MR) is 74.8 cm³/mol. The first-order chi connectivity index (χ1) is 9.45. The lowest BCUT2D eigenvalue weighted by Crippen LogP contribution is -2.22. The maximum atomic E-state index is 5.58. The second kappa shape index (κ2) is 8.86. The van der Waals surface area contributed by atoms with Crippen molar-refractivity contribution in [3.05, 3.63) is 48.0 Å². The molecule has 0 spiro atoms. The minimum absolute atomic E-state index is 0.0105. The summed E-state index contributed by atoms with van der Waals surface area (Å²) >= 11 is 0. The zero-order valence-electron chi connectivity index (χ0n) is 11.3. The van der Waals surface area contributed by atoms with Gasteiger partial charge in [-0.1, -0.05) is 42.5 Å². The Bertz CT molecular complexity index is 356. The van der Waals surface area contributed by atoms with Crippen LogP contribution < -0.4 is 0 Å². The summed E-state index contributed by atoms with van der Waals surface area (Å²) in [5, 5.41) is 0. The highest BCUT2D eigenvalue weighted by atomic mass is 16.7. The standard InChI is InChI=1S/C16H22O3/c1-2-8-15(9-3-1)14-17-11-6-7-13-19-16-10-4-5-12-18-16/h1-3,6-9,16H,4-5,10-14H2/b7-6+. The van der Waals surface area contributed by atoms with Gasteiger partial charge < -0.3 is 14.2 Å². The van der Waals surface area contributed by atoms with E-state index in [9.17, 15) is 0 Å². The van der Waals surface area contributed by atoms with Crippen LogP contribution >= 0.6 is 0 Å². The van der Waals surface area contributed by atoms with Crippen LogP contribution in [-0.2, 0) is 20.8 Å². The van der Waals surface area contributed by atoms with E-state index >= 15 is 0 Å². The van der Waals surface area contributed by atoms with Crippen molar-refractivity contribution < 1.29 is 14.2 Å². The van der Waals surface area contributed by atoms with Crippen LogP contribution in [0.3, 0.4) is 0 Å². The van der Waals surface area contributed by atoms with Crippen LogP contribution in [-0.4, -0.2) is 26.1 Å². The number of benzene rings is 1. The van der Waals surface area contributed by atoms with Gasteiger partial charge in [0.1, 0.15) is 0 Å². The molecule has 1 aliphatic heterocycles. The molecule has 1 saturated heterocycles. The second-order valence-corrected chi connectivity index (χ2v) is 4.60. The van der Waals surface area contributed by atoms with Crippen LogP contribution in [0.5, 0.6) is 0 Å². The summed E-state index contributed by atoms with van der Waals surface area (Å²) < 4.78 is 16.6. The Kier molecular flexibility index (Phi) is 6.65. The Hall–Kier alpha value is -1.16. The highest BCUT2D eigenvalue weighted by molar-refractivity contribution is 5.13. The zero-order valence-corrected chi connectivity index (χ0v) is 11.3. The topological polar surface area (TPSA) is 27.7 Å². The normalized spacial score (nSPS) is 19.9. The van der Waals surface area contributed by atoms with Crippen LogP contribution in [0.1, 0.15) is 24.8 Å². The van der Waals surface area contributed by atoms with Gasteiger partial charge in [-0.15, -0.1) is 0 Å². The minimum atomic E-state index is -0.0105. The first kappa shape index (κ1) is 14.3. The van der Waals surface area contributed by atoms with Gasteiger partial charge in [-0.3, -0.25) is 0 Å². The number of ether oxygens (including phenoxy) is 3. The summed E-state index contributed by atoms with van der Waals surface area (Å²) in [7, 11) is 0. The predicted octanol–water partition coefficient (Wildman–Crippen LogP) is 3.30. The molecule has 104 valence electrons. The summed E-state index contributed by atoms with van der Waals surface area (Å²) in [4.78, 5) is 0. The molecule has 0 N–H and O–H groups in total. The van der Waals surface area contributed by atoms with Crippen LogP contribution in [0.25, 0.3) is 0 Å². The van der Waals surface area contributed by atoms with Gasteiger partial charge in [-0.05, 0) is 24.8 Å². The highest BCUT2D eigenvalue weighted by Gasteiger charge is 2.12. The van der Waals surface area contributed by atoms with Gasteiger partial charge in [0, 0.05) is 6.61 Å². The average molecular weight is 262 g/mol. The van der Waals surface area contributed by atoms with Crippen molar-refractivity contribution in [3.8, 4) is 0 Å². The maximum absolute atomic E-state index is 5.58. The third-order valence-electron chi connectivity index (χ3n) is 3.01. The van der Waals surface area contributed by atoms with Gasteiger partial charge in [-0.2, -0.15) is 0 Å². The second-order valence-electron chi connectivity index (χ2n) is 4.60. The molecule has 0 radical (unpaired) electrons. The van der Waals surface area contributed by atoms with Gasteiger partial charge in [0.2, 0.25) is 0 Å². The number of rotatable bonds is 7. The monoisotopic (exact) mass is 262 g/mol. The van der Waals surface area contributed by atoms with Gasteiger partial charge in [0.25, 0.3) is 0 Å². The molecule has 0 bridgehead atoms. The molecular weight excluding hydrogens is 240 g/mol. The van der Waals surface area contributed by atoms with Crippen molar-refractivity contribution >= 4 is 0 Å². The minimum Gasteiger partial charge on any atom is -0.373 e. The third-order valence-corrected chi connectivity index (χ3v) is 3.01. The van der Waals surface area contributed by atoms with Crippen molar-refractivity contribution in [2.75, 3.05) is 19.8 Å². The molecule has 0 aromatic heterocycles. The SMILES string of the molecule is C(=C\COC1CCCCO1)/COCc1ccccc1. The zero-order chi connectivity index (χ0) is 13.2. The van der Waals surface area contributed by atoms with E-state index in [1.807, 2.05) is 30.4 Å². The molecule has 0 saturated carbocycles. The molecule has 1 atom stereocenters. The molecule has 1 aliphatic rings. The molecule has 0 aliphatic carbocycles. The maximum Gasteiger partial charge on any atom is 0.157 e. The molecule has 1 unspecified atom stereocenters. The van der Waals surface area contributed by atoms with E-state index in [4.69, 9.17) is 14.2 Å². The van der Waals surface area contributed by atoms with E-state index in [2.05, 4.69) is 12.1 Å². The van der Waals surface area contributed by atoms with E-state index < -0.39 is 0 Å². The number of hydrogen-bond donors (Lipinski definition) is 0. The Labute approximate surface area is 115 Å².